The van der Waals surface area contributed by atoms with Crippen LogP contribution in [0.5, 0.6) is 11.5 Å². The van der Waals surface area contributed by atoms with Gasteiger partial charge in [-0.15, -0.1) is 0 Å². The van der Waals surface area contributed by atoms with Gasteiger partial charge >= 0.3 is 5.97 Å². The molecule has 0 atom stereocenters. The molecule has 0 saturated heterocycles. The van der Waals surface area contributed by atoms with Crippen LogP contribution in [0.25, 0.3) is 6.08 Å². The Bertz CT molecular complexity index is 921. The Morgan fingerprint density at radius 2 is 1.73 bits per heavy atom. The fourth-order valence-electron chi connectivity index (χ4n) is 2.13. The summed E-state index contributed by atoms with van der Waals surface area (Å²) in [4.78, 5) is 11.2. The van der Waals surface area contributed by atoms with Crippen LogP contribution < -0.4 is 14.2 Å². The van der Waals surface area contributed by atoms with Gasteiger partial charge in [0, 0.05) is 12.1 Å². The molecule has 0 aliphatic carbocycles. The lowest BCUT2D eigenvalue weighted by Crippen LogP contribution is -2.13. The van der Waals surface area contributed by atoms with Crippen LogP contribution in [-0.4, -0.2) is 35.7 Å². The van der Waals surface area contributed by atoms with E-state index in [2.05, 4.69) is 9.46 Å². The summed E-state index contributed by atoms with van der Waals surface area (Å²) in [6.45, 7) is 0. The van der Waals surface area contributed by atoms with Crippen LogP contribution in [0.15, 0.2) is 53.4 Å². The van der Waals surface area contributed by atoms with E-state index in [0.717, 1.165) is 0 Å². The SMILES string of the molecule is COC(=O)C=Cc1cccc(S(=O)(=O)Nc2ccc(OC)c(OC)c2)c1. The largest absolute Gasteiger partial charge is 0.493 e. The molecule has 0 aliphatic rings. The number of anilines is 1. The number of rotatable bonds is 7. The highest BCUT2D eigenvalue weighted by atomic mass is 32.2. The van der Waals surface area contributed by atoms with Gasteiger partial charge in [-0.05, 0) is 35.9 Å². The Labute approximate surface area is 152 Å². The first kappa shape index (κ1) is 19.3. The molecule has 0 spiro atoms. The van der Waals surface area contributed by atoms with E-state index in [0.29, 0.717) is 22.7 Å². The number of ether oxygens (including phenoxy) is 3. The van der Waals surface area contributed by atoms with E-state index in [1.54, 1.807) is 24.3 Å². The van der Waals surface area contributed by atoms with Crippen molar-refractivity contribution >= 4 is 27.8 Å². The quantitative estimate of drug-likeness (QED) is 0.589. The first-order valence-corrected chi connectivity index (χ1v) is 8.99. The van der Waals surface area contributed by atoms with Gasteiger partial charge in [0.05, 0.1) is 31.9 Å². The third-order valence-electron chi connectivity index (χ3n) is 3.42. The Hall–Kier alpha value is -3.00. The molecule has 0 bridgehead atoms. The molecular weight excluding hydrogens is 358 g/mol. The minimum Gasteiger partial charge on any atom is -0.493 e. The van der Waals surface area contributed by atoms with Crippen LogP contribution in [0, 0.1) is 0 Å². The zero-order chi connectivity index (χ0) is 19.2. The molecule has 0 aromatic heterocycles. The average Bonchev–Trinajstić information content (AvgIpc) is 2.65. The van der Waals surface area contributed by atoms with Gasteiger partial charge in [-0.25, -0.2) is 13.2 Å². The summed E-state index contributed by atoms with van der Waals surface area (Å²) in [5, 5.41) is 0. The molecule has 0 aliphatic heterocycles. The van der Waals surface area contributed by atoms with Crippen molar-refractivity contribution in [2.24, 2.45) is 0 Å². The van der Waals surface area contributed by atoms with Crippen molar-refractivity contribution in [1.29, 1.82) is 0 Å². The Morgan fingerprint density at radius 1 is 1.00 bits per heavy atom. The van der Waals surface area contributed by atoms with E-state index in [4.69, 9.17) is 9.47 Å². The number of hydrogen-bond donors (Lipinski definition) is 1. The van der Waals surface area contributed by atoms with Gasteiger partial charge in [-0.3, -0.25) is 4.72 Å². The summed E-state index contributed by atoms with van der Waals surface area (Å²) < 4.78 is 42.5. The van der Waals surface area contributed by atoms with Crippen molar-refractivity contribution < 1.29 is 27.4 Å². The minimum absolute atomic E-state index is 0.0549. The smallest absolute Gasteiger partial charge is 0.330 e. The highest BCUT2D eigenvalue weighted by molar-refractivity contribution is 7.92. The first-order chi connectivity index (χ1) is 12.4. The number of esters is 1. The molecular formula is C18H19NO6S. The monoisotopic (exact) mass is 377 g/mol. The van der Waals surface area contributed by atoms with E-state index in [1.807, 2.05) is 0 Å². The summed E-state index contributed by atoms with van der Waals surface area (Å²) in [6, 6.07) is 10.9. The van der Waals surface area contributed by atoms with Crippen LogP contribution in [0.3, 0.4) is 0 Å². The lowest BCUT2D eigenvalue weighted by Gasteiger charge is -2.12. The van der Waals surface area contributed by atoms with Crippen LogP contribution in [0.1, 0.15) is 5.56 Å². The summed E-state index contributed by atoms with van der Waals surface area (Å²) in [5.74, 6) is 0.370. The third kappa shape index (κ3) is 4.76. The van der Waals surface area contributed by atoms with Crippen molar-refractivity contribution in [1.82, 2.24) is 0 Å². The zero-order valence-electron chi connectivity index (χ0n) is 14.6. The molecule has 0 saturated carbocycles. The molecule has 2 rings (SSSR count). The van der Waals surface area contributed by atoms with Crippen molar-refractivity contribution in [2.75, 3.05) is 26.1 Å². The maximum absolute atomic E-state index is 12.6. The van der Waals surface area contributed by atoms with E-state index in [9.17, 15) is 13.2 Å². The molecule has 7 nitrogen and oxygen atoms in total. The van der Waals surface area contributed by atoms with E-state index >= 15 is 0 Å². The average molecular weight is 377 g/mol. The fourth-order valence-corrected chi connectivity index (χ4v) is 3.24. The number of methoxy groups -OCH3 is 3. The number of benzene rings is 2. The Morgan fingerprint density at radius 3 is 2.38 bits per heavy atom. The molecule has 0 unspecified atom stereocenters. The van der Waals surface area contributed by atoms with Crippen molar-refractivity contribution in [3.8, 4) is 11.5 Å². The lowest BCUT2D eigenvalue weighted by molar-refractivity contribution is -0.134. The second-order valence-electron chi connectivity index (χ2n) is 5.10. The number of carbonyl (C=O) groups is 1. The molecule has 0 heterocycles. The number of hydrogen-bond acceptors (Lipinski definition) is 6. The predicted molar refractivity (Wildman–Crippen MR) is 97.8 cm³/mol. The highest BCUT2D eigenvalue weighted by Gasteiger charge is 2.15. The second kappa shape index (κ2) is 8.39. The minimum atomic E-state index is -3.82. The van der Waals surface area contributed by atoms with Gasteiger partial charge in [0.15, 0.2) is 11.5 Å². The molecule has 8 heteroatoms. The molecule has 1 N–H and O–H groups in total. The molecule has 0 radical (unpaired) electrons. The maximum Gasteiger partial charge on any atom is 0.330 e. The summed E-state index contributed by atoms with van der Waals surface area (Å²) in [7, 11) is 0.404. The molecule has 138 valence electrons. The van der Waals surface area contributed by atoms with Gasteiger partial charge in [-0.2, -0.15) is 0 Å². The molecule has 0 amide bonds. The summed E-state index contributed by atoms with van der Waals surface area (Å²) in [5.41, 5.74) is 0.878. The van der Waals surface area contributed by atoms with Crippen LogP contribution >= 0.6 is 0 Å². The summed E-state index contributed by atoms with van der Waals surface area (Å²) in [6.07, 6.45) is 2.69. The summed E-state index contributed by atoms with van der Waals surface area (Å²) >= 11 is 0. The number of sulfonamides is 1. The van der Waals surface area contributed by atoms with Crippen LogP contribution in [0.2, 0.25) is 0 Å². The number of nitrogens with one attached hydrogen (secondary N) is 1. The van der Waals surface area contributed by atoms with Gasteiger partial charge in [0.2, 0.25) is 0 Å². The Kier molecular flexibility index (Phi) is 6.24. The van der Waals surface area contributed by atoms with E-state index < -0.39 is 16.0 Å². The predicted octanol–water partition coefficient (Wildman–Crippen LogP) is 2.69. The second-order valence-corrected chi connectivity index (χ2v) is 6.79. The van der Waals surface area contributed by atoms with Gasteiger partial charge in [0.25, 0.3) is 10.0 Å². The maximum atomic E-state index is 12.6. The highest BCUT2D eigenvalue weighted by Crippen LogP contribution is 2.30. The third-order valence-corrected chi connectivity index (χ3v) is 4.80. The topological polar surface area (TPSA) is 90.9 Å². The fraction of sp³-hybridized carbons (Fsp3) is 0.167. The molecule has 2 aromatic carbocycles. The normalized spacial score (nSPS) is 11.2. The van der Waals surface area contributed by atoms with Gasteiger partial charge in [-0.1, -0.05) is 12.1 Å². The molecule has 2 aromatic rings. The van der Waals surface area contributed by atoms with Gasteiger partial charge < -0.3 is 14.2 Å². The molecule has 26 heavy (non-hydrogen) atoms. The van der Waals surface area contributed by atoms with Crippen molar-refractivity contribution in [2.45, 2.75) is 4.90 Å². The number of carbonyl (C=O) groups excluding carboxylic acids is 1. The van der Waals surface area contributed by atoms with Gasteiger partial charge in [0.1, 0.15) is 0 Å². The van der Waals surface area contributed by atoms with Crippen LogP contribution in [0.4, 0.5) is 5.69 Å². The molecule has 0 fully saturated rings. The van der Waals surface area contributed by atoms with E-state index in [1.165, 1.54) is 51.7 Å². The Balaban J connectivity index is 2.28. The first-order valence-electron chi connectivity index (χ1n) is 7.50. The van der Waals surface area contributed by atoms with E-state index in [-0.39, 0.29) is 4.90 Å². The lowest BCUT2D eigenvalue weighted by atomic mass is 10.2. The zero-order valence-corrected chi connectivity index (χ0v) is 15.4. The van der Waals surface area contributed by atoms with Crippen molar-refractivity contribution in [3.05, 3.63) is 54.1 Å². The van der Waals surface area contributed by atoms with Crippen LogP contribution in [-0.2, 0) is 19.6 Å². The standard InChI is InChI=1S/C18H19NO6S/c1-23-16-9-8-14(12-17(16)24-2)19-26(21,22)15-6-4-5-13(11-15)7-10-18(20)25-3/h4-12,19H,1-3H3. The van der Waals surface area contributed by atoms with Crippen molar-refractivity contribution in [3.63, 3.8) is 0 Å².